The molecule has 3 aromatic rings. The van der Waals surface area contributed by atoms with Gasteiger partial charge in [-0.2, -0.15) is 0 Å². The van der Waals surface area contributed by atoms with Gasteiger partial charge in [0.15, 0.2) is 0 Å². The molecule has 0 unspecified atom stereocenters. The van der Waals surface area contributed by atoms with E-state index >= 15 is 0 Å². The molecular weight excluding hydrogens is 302 g/mol. The van der Waals surface area contributed by atoms with Crippen LogP contribution in [0.5, 0.6) is 0 Å². The highest BCUT2D eigenvalue weighted by Gasteiger charge is 2.14. The minimum absolute atomic E-state index is 0.0133. The lowest BCUT2D eigenvalue weighted by molar-refractivity contribution is 0.699. The molecule has 0 radical (unpaired) electrons. The van der Waals surface area contributed by atoms with Crippen molar-refractivity contribution in [1.82, 2.24) is 30.4 Å². The van der Waals surface area contributed by atoms with Gasteiger partial charge in [-0.05, 0) is 35.9 Å². The molecular formula is C14H12ClN7. The monoisotopic (exact) mass is 313 g/mol. The van der Waals surface area contributed by atoms with Crippen LogP contribution in [0.3, 0.4) is 0 Å². The molecule has 0 spiro atoms. The normalized spacial score (nSPS) is 10.4. The van der Waals surface area contributed by atoms with Gasteiger partial charge in [0.05, 0.1) is 24.5 Å². The number of aromatic nitrogens is 6. The second-order valence-corrected chi connectivity index (χ2v) is 4.81. The number of anilines is 1. The summed E-state index contributed by atoms with van der Waals surface area (Å²) < 4.78 is 0. The molecule has 110 valence electrons. The van der Waals surface area contributed by atoms with Gasteiger partial charge in [0.25, 0.3) is 11.2 Å². The lowest BCUT2D eigenvalue weighted by Gasteiger charge is -2.20. The highest BCUT2D eigenvalue weighted by Crippen LogP contribution is 2.13. The molecule has 3 heterocycles. The Hall–Kier alpha value is -2.67. The second-order valence-electron chi connectivity index (χ2n) is 4.47. The third-order valence-corrected chi connectivity index (χ3v) is 3.04. The van der Waals surface area contributed by atoms with Crippen molar-refractivity contribution in [2.24, 2.45) is 0 Å². The zero-order valence-corrected chi connectivity index (χ0v) is 12.3. The molecule has 0 atom stereocenters. The van der Waals surface area contributed by atoms with Gasteiger partial charge >= 0.3 is 0 Å². The first-order valence-electron chi connectivity index (χ1n) is 6.59. The lowest BCUT2D eigenvalue weighted by Crippen LogP contribution is -2.26. The quantitative estimate of drug-likeness (QED) is 0.711. The molecule has 0 amide bonds. The Kier molecular flexibility index (Phi) is 4.45. The van der Waals surface area contributed by atoms with E-state index in [1.165, 1.54) is 0 Å². The molecule has 8 heteroatoms. The van der Waals surface area contributed by atoms with Crippen molar-refractivity contribution in [3.05, 3.63) is 65.5 Å². The van der Waals surface area contributed by atoms with E-state index < -0.39 is 0 Å². The summed E-state index contributed by atoms with van der Waals surface area (Å²) in [5.74, 6) is 0.376. The van der Waals surface area contributed by atoms with Crippen LogP contribution >= 0.6 is 11.6 Å². The van der Waals surface area contributed by atoms with Crippen molar-refractivity contribution in [2.45, 2.75) is 13.1 Å². The molecule has 22 heavy (non-hydrogen) atoms. The fourth-order valence-electron chi connectivity index (χ4n) is 1.91. The molecule has 0 saturated carbocycles. The van der Waals surface area contributed by atoms with Gasteiger partial charge in [-0.3, -0.25) is 9.97 Å². The highest BCUT2D eigenvalue weighted by molar-refractivity contribution is 6.28. The fraction of sp³-hybridized carbons (Fsp3) is 0.143. The van der Waals surface area contributed by atoms with Crippen LogP contribution in [0.15, 0.2) is 48.8 Å². The molecule has 0 aliphatic rings. The number of halogens is 1. The molecule has 7 nitrogen and oxygen atoms in total. The van der Waals surface area contributed by atoms with Gasteiger partial charge in [0.1, 0.15) is 0 Å². The molecule has 0 fully saturated rings. The van der Waals surface area contributed by atoms with Crippen LogP contribution in [0.2, 0.25) is 5.28 Å². The first-order chi connectivity index (χ1) is 10.8. The highest BCUT2D eigenvalue weighted by atomic mass is 35.5. The van der Waals surface area contributed by atoms with E-state index in [9.17, 15) is 0 Å². The average molecular weight is 314 g/mol. The molecule has 0 aromatic carbocycles. The molecule has 0 saturated heterocycles. The molecule has 3 aromatic heterocycles. The Morgan fingerprint density at radius 3 is 1.77 bits per heavy atom. The predicted molar refractivity (Wildman–Crippen MR) is 81.0 cm³/mol. The zero-order valence-electron chi connectivity index (χ0n) is 11.5. The van der Waals surface area contributed by atoms with Crippen molar-refractivity contribution in [1.29, 1.82) is 0 Å². The standard InChI is InChI=1S/C14H12ClN7/c15-13-18-20-14(21-19-13)22(9-11-5-1-3-7-16-11)10-12-6-2-4-8-17-12/h1-8H,9-10H2. The summed E-state index contributed by atoms with van der Waals surface area (Å²) in [5.41, 5.74) is 1.77. The Morgan fingerprint density at radius 1 is 0.773 bits per heavy atom. The number of nitrogens with zero attached hydrogens (tertiary/aromatic N) is 7. The van der Waals surface area contributed by atoms with Crippen LogP contribution in [-0.2, 0) is 13.1 Å². The molecule has 0 aliphatic heterocycles. The number of rotatable bonds is 5. The number of pyridine rings is 2. The van der Waals surface area contributed by atoms with Crippen LogP contribution in [0, 0.1) is 0 Å². The summed E-state index contributed by atoms with van der Waals surface area (Å²) in [4.78, 5) is 10.5. The summed E-state index contributed by atoms with van der Waals surface area (Å²) in [7, 11) is 0. The lowest BCUT2D eigenvalue weighted by atomic mass is 10.3. The maximum atomic E-state index is 5.65. The summed E-state index contributed by atoms with van der Waals surface area (Å²) in [5, 5.41) is 15.5. The third-order valence-electron chi connectivity index (χ3n) is 2.88. The van der Waals surface area contributed by atoms with E-state index in [4.69, 9.17) is 11.6 Å². The van der Waals surface area contributed by atoms with Crippen molar-refractivity contribution in [3.8, 4) is 0 Å². The summed E-state index contributed by atoms with van der Waals surface area (Å²) in [6.45, 7) is 1.03. The number of hydrogen-bond acceptors (Lipinski definition) is 7. The molecule has 0 bridgehead atoms. The van der Waals surface area contributed by atoms with Gasteiger partial charge in [-0.15, -0.1) is 20.4 Å². The topological polar surface area (TPSA) is 80.6 Å². The average Bonchev–Trinajstić information content (AvgIpc) is 2.57. The minimum Gasteiger partial charge on any atom is -0.326 e. The second kappa shape index (κ2) is 6.86. The van der Waals surface area contributed by atoms with E-state index in [1.54, 1.807) is 12.4 Å². The largest absolute Gasteiger partial charge is 0.326 e. The molecule has 3 rings (SSSR count). The van der Waals surface area contributed by atoms with Gasteiger partial charge in [0, 0.05) is 12.4 Å². The van der Waals surface area contributed by atoms with E-state index in [0.29, 0.717) is 19.0 Å². The summed E-state index contributed by atoms with van der Waals surface area (Å²) >= 11 is 5.65. The number of hydrogen-bond donors (Lipinski definition) is 0. The molecule has 0 aliphatic carbocycles. The van der Waals surface area contributed by atoms with Crippen LogP contribution in [0.4, 0.5) is 5.95 Å². The van der Waals surface area contributed by atoms with Crippen molar-refractivity contribution in [2.75, 3.05) is 4.90 Å². The third kappa shape index (κ3) is 3.70. The van der Waals surface area contributed by atoms with Gasteiger partial charge in [-0.1, -0.05) is 12.1 Å². The van der Waals surface area contributed by atoms with Crippen LogP contribution < -0.4 is 4.90 Å². The van der Waals surface area contributed by atoms with Crippen molar-refractivity contribution < 1.29 is 0 Å². The first kappa shape index (κ1) is 14.3. The van der Waals surface area contributed by atoms with Gasteiger partial charge < -0.3 is 4.90 Å². The minimum atomic E-state index is 0.0133. The predicted octanol–water partition coefficient (Wildman–Crippen LogP) is 1.92. The van der Waals surface area contributed by atoms with Gasteiger partial charge in [0.2, 0.25) is 0 Å². The van der Waals surface area contributed by atoms with Crippen LogP contribution in [0.25, 0.3) is 0 Å². The van der Waals surface area contributed by atoms with E-state index in [-0.39, 0.29) is 5.28 Å². The maximum absolute atomic E-state index is 5.65. The Morgan fingerprint density at radius 2 is 1.32 bits per heavy atom. The van der Waals surface area contributed by atoms with E-state index in [2.05, 4.69) is 30.4 Å². The van der Waals surface area contributed by atoms with Crippen molar-refractivity contribution >= 4 is 17.5 Å². The smallest absolute Gasteiger partial charge is 0.265 e. The van der Waals surface area contributed by atoms with E-state index in [0.717, 1.165) is 11.4 Å². The van der Waals surface area contributed by atoms with Crippen molar-refractivity contribution in [3.63, 3.8) is 0 Å². The molecule has 0 N–H and O–H groups in total. The first-order valence-corrected chi connectivity index (χ1v) is 6.97. The van der Waals surface area contributed by atoms with E-state index in [1.807, 2.05) is 41.3 Å². The van der Waals surface area contributed by atoms with Crippen LogP contribution in [-0.4, -0.2) is 30.4 Å². The fourth-order valence-corrected chi connectivity index (χ4v) is 1.99. The Bertz CT molecular complexity index is 665. The van der Waals surface area contributed by atoms with Crippen LogP contribution in [0.1, 0.15) is 11.4 Å². The summed E-state index contributed by atoms with van der Waals surface area (Å²) in [6, 6.07) is 11.5. The summed E-state index contributed by atoms with van der Waals surface area (Å²) in [6.07, 6.45) is 3.49. The SMILES string of the molecule is Clc1nnc(N(Cc2ccccn2)Cc2ccccn2)nn1. The Balaban J connectivity index is 1.86. The van der Waals surface area contributed by atoms with Gasteiger partial charge in [-0.25, -0.2) is 0 Å². The maximum Gasteiger partial charge on any atom is 0.265 e. The zero-order chi connectivity index (χ0) is 15.2. The Labute approximate surface area is 132 Å².